The number of rotatable bonds is 8. The van der Waals surface area contributed by atoms with Gasteiger partial charge in [-0.3, -0.25) is 0 Å². The monoisotopic (exact) mass is 262 g/mol. The summed E-state index contributed by atoms with van der Waals surface area (Å²) in [6.45, 7) is 12.3. The summed E-state index contributed by atoms with van der Waals surface area (Å²) >= 11 is 0. The van der Waals surface area contributed by atoms with Crippen LogP contribution < -0.4 is 10.2 Å². The van der Waals surface area contributed by atoms with Crippen LogP contribution in [0.25, 0.3) is 0 Å². The van der Waals surface area contributed by atoms with Crippen LogP contribution in [0.1, 0.15) is 39.2 Å². The molecule has 0 fully saturated rings. The van der Waals surface area contributed by atoms with Crippen LogP contribution in [0.3, 0.4) is 0 Å². The smallest absolute Gasteiger partial charge is 0.0393 e. The van der Waals surface area contributed by atoms with Gasteiger partial charge in [0.2, 0.25) is 0 Å². The van der Waals surface area contributed by atoms with Gasteiger partial charge in [-0.2, -0.15) is 0 Å². The SMILES string of the molecule is CCCC(C)(CNCC)CN(C)c1ccccc1C. The molecule has 1 aromatic rings. The second kappa shape index (κ2) is 7.54. The van der Waals surface area contributed by atoms with Crippen molar-refractivity contribution in [2.75, 3.05) is 31.6 Å². The lowest BCUT2D eigenvalue weighted by Gasteiger charge is -2.35. The van der Waals surface area contributed by atoms with Crippen molar-refractivity contribution < 1.29 is 0 Å². The number of nitrogens with zero attached hydrogens (tertiary/aromatic N) is 1. The fourth-order valence-electron chi connectivity index (χ4n) is 2.90. The van der Waals surface area contributed by atoms with Crippen molar-refractivity contribution in [2.45, 2.75) is 40.5 Å². The topological polar surface area (TPSA) is 15.3 Å². The van der Waals surface area contributed by atoms with E-state index in [0.717, 1.165) is 19.6 Å². The fourth-order valence-corrected chi connectivity index (χ4v) is 2.90. The molecule has 0 saturated heterocycles. The highest BCUT2D eigenvalue weighted by molar-refractivity contribution is 5.52. The van der Waals surface area contributed by atoms with E-state index in [1.807, 2.05) is 0 Å². The summed E-state index contributed by atoms with van der Waals surface area (Å²) in [6.07, 6.45) is 2.50. The van der Waals surface area contributed by atoms with Crippen LogP contribution in [0.4, 0.5) is 5.69 Å². The Bertz CT molecular complexity index is 375. The third kappa shape index (κ3) is 4.87. The molecule has 108 valence electrons. The molecule has 1 aromatic carbocycles. The molecule has 19 heavy (non-hydrogen) atoms. The largest absolute Gasteiger partial charge is 0.374 e. The molecule has 0 aliphatic rings. The highest BCUT2D eigenvalue weighted by Gasteiger charge is 2.25. The molecule has 2 nitrogen and oxygen atoms in total. The van der Waals surface area contributed by atoms with Crippen LogP contribution in [0.5, 0.6) is 0 Å². The highest BCUT2D eigenvalue weighted by Crippen LogP contribution is 2.27. The molecule has 1 atom stereocenters. The second-order valence-electron chi connectivity index (χ2n) is 5.98. The van der Waals surface area contributed by atoms with Gasteiger partial charge >= 0.3 is 0 Å². The third-order valence-electron chi connectivity index (χ3n) is 3.80. The van der Waals surface area contributed by atoms with Crippen molar-refractivity contribution >= 4 is 5.69 Å². The maximum atomic E-state index is 3.52. The molecule has 1 N–H and O–H groups in total. The van der Waals surface area contributed by atoms with E-state index < -0.39 is 0 Å². The van der Waals surface area contributed by atoms with E-state index in [2.05, 4.69) is 69.2 Å². The van der Waals surface area contributed by atoms with Crippen molar-refractivity contribution in [3.63, 3.8) is 0 Å². The predicted octanol–water partition coefficient (Wildman–Crippen LogP) is 3.85. The molecule has 0 heterocycles. The van der Waals surface area contributed by atoms with Gasteiger partial charge in [-0.05, 0) is 36.9 Å². The van der Waals surface area contributed by atoms with Crippen molar-refractivity contribution in [1.29, 1.82) is 0 Å². The number of nitrogens with one attached hydrogen (secondary N) is 1. The van der Waals surface area contributed by atoms with Crippen LogP contribution in [-0.2, 0) is 0 Å². The van der Waals surface area contributed by atoms with E-state index in [1.165, 1.54) is 24.1 Å². The average Bonchev–Trinajstić information content (AvgIpc) is 2.37. The molecule has 0 aliphatic heterocycles. The zero-order chi connectivity index (χ0) is 14.3. The summed E-state index contributed by atoms with van der Waals surface area (Å²) in [5, 5.41) is 3.52. The Hall–Kier alpha value is -1.02. The van der Waals surface area contributed by atoms with Crippen LogP contribution >= 0.6 is 0 Å². The molecule has 2 heteroatoms. The molecule has 0 amide bonds. The molecule has 0 radical (unpaired) electrons. The van der Waals surface area contributed by atoms with Gasteiger partial charge in [0.05, 0.1) is 0 Å². The van der Waals surface area contributed by atoms with Gasteiger partial charge in [0, 0.05) is 25.8 Å². The number of aryl methyl sites for hydroxylation is 1. The van der Waals surface area contributed by atoms with Gasteiger partial charge in [-0.15, -0.1) is 0 Å². The van der Waals surface area contributed by atoms with E-state index in [0.29, 0.717) is 5.41 Å². The summed E-state index contributed by atoms with van der Waals surface area (Å²) in [5.74, 6) is 0. The number of benzene rings is 1. The predicted molar refractivity (Wildman–Crippen MR) is 86.0 cm³/mol. The van der Waals surface area contributed by atoms with E-state index in [-0.39, 0.29) is 0 Å². The molecule has 1 rings (SSSR count). The Labute approximate surface area is 119 Å². The van der Waals surface area contributed by atoms with Gasteiger partial charge in [-0.1, -0.05) is 45.4 Å². The summed E-state index contributed by atoms with van der Waals surface area (Å²) in [6, 6.07) is 8.64. The number of hydrogen-bond donors (Lipinski definition) is 1. The number of para-hydroxylation sites is 1. The molecule has 0 bridgehead atoms. The molecule has 0 spiro atoms. The first-order valence-electron chi connectivity index (χ1n) is 7.50. The Kier molecular flexibility index (Phi) is 6.36. The standard InChI is InChI=1S/C17H30N2/c1-6-12-17(4,13-18-7-2)14-19(5)16-11-9-8-10-15(16)3/h8-11,18H,6-7,12-14H2,1-5H3. The summed E-state index contributed by atoms with van der Waals surface area (Å²) in [5.41, 5.74) is 3.04. The maximum Gasteiger partial charge on any atom is 0.0393 e. The lowest BCUT2D eigenvalue weighted by Crippen LogP contribution is -2.41. The first-order valence-corrected chi connectivity index (χ1v) is 7.50. The Morgan fingerprint density at radius 1 is 1.21 bits per heavy atom. The minimum atomic E-state index is 0.335. The van der Waals surface area contributed by atoms with Crippen LogP contribution in [0, 0.1) is 12.3 Å². The molecule has 1 unspecified atom stereocenters. The summed E-state index contributed by atoms with van der Waals surface area (Å²) in [4.78, 5) is 2.41. The van der Waals surface area contributed by atoms with Gasteiger partial charge < -0.3 is 10.2 Å². The minimum Gasteiger partial charge on any atom is -0.374 e. The molecule has 0 aliphatic carbocycles. The lowest BCUT2D eigenvalue weighted by atomic mass is 9.84. The Morgan fingerprint density at radius 2 is 1.89 bits per heavy atom. The van der Waals surface area contributed by atoms with E-state index >= 15 is 0 Å². The van der Waals surface area contributed by atoms with Crippen molar-refractivity contribution in [3.8, 4) is 0 Å². The molecule has 0 saturated carbocycles. The lowest BCUT2D eigenvalue weighted by molar-refractivity contribution is 0.286. The van der Waals surface area contributed by atoms with Crippen molar-refractivity contribution in [2.24, 2.45) is 5.41 Å². The maximum absolute atomic E-state index is 3.52. The van der Waals surface area contributed by atoms with Crippen LogP contribution in [0.2, 0.25) is 0 Å². The second-order valence-corrected chi connectivity index (χ2v) is 5.98. The zero-order valence-electron chi connectivity index (χ0n) is 13.3. The van der Waals surface area contributed by atoms with Crippen molar-refractivity contribution in [3.05, 3.63) is 29.8 Å². The molecular formula is C17H30N2. The minimum absolute atomic E-state index is 0.335. The normalized spacial score (nSPS) is 14.2. The summed E-state index contributed by atoms with van der Waals surface area (Å²) < 4.78 is 0. The van der Waals surface area contributed by atoms with Gasteiger partial charge in [0.15, 0.2) is 0 Å². The first kappa shape index (κ1) is 16.0. The Morgan fingerprint density at radius 3 is 2.47 bits per heavy atom. The molecule has 0 aromatic heterocycles. The highest BCUT2D eigenvalue weighted by atomic mass is 15.1. The average molecular weight is 262 g/mol. The quantitative estimate of drug-likeness (QED) is 0.765. The van der Waals surface area contributed by atoms with Gasteiger partial charge in [-0.25, -0.2) is 0 Å². The van der Waals surface area contributed by atoms with Crippen molar-refractivity contribution in [1.82, 2.24) is 5.32 Å². The van der Waals surface area contributed by atoms with E-state index in [9.17, 15) is 0 Å². The Balaban J connectivity index is 2.75. The summed E-state index contributed by atoms with van der Waals surface area (Å²) in [7, 11) is 2.21. The van der Waals surface area contributed by atoms with Crippen LogP contribution in [0.15, 0.2) is 24.3 Å². The third-order valence-corrected chi connectivity index (χ3v) is 3.80. The van der Waals surface area contributed by atoms with Gasteiger partial charge in [0.1, 0.15) is 0 Å². The van der Waals surface area contributed by atoms with Gasteiger partial charge in [0.25, 0.3) is 0 Å². The number of anilines is 1. The number of hydrogen-bond acceptors (Lipinski definition) is 2. The van der Waals surface area contributed by atoms with E-state index in [4.69, 9.17) is 0 Å². The zero-order valence-corrected chi connectivity index (χ0v) is 13.3. The van der Waals surface area contributed by atoms with E-state index in [1.54, 1.807) is 0 Å². The molecular weight excluding hydrogens is 232 g/mol. The first-order chi connectivity index (χ1) is 9.02. The fraction of sp³-hybridized carbons (Fsp3) is 0.647. The van der Waals surface area contributed by atoms with Crippen LogP contribution in [-0.4, -0.2) is 26.7 Å².